The Bertz CT molecular complexity index is 537. The topological polar surface area (TPSA) is 46.9 Å². The Hall–Kier alpha value is -1.98. The molecule has 0 atom stereocenters. The normalized spacial score (nSPS) is 16.5. The minimum Gasteiger partial charge on any atom is -0.422 e. The molecular formula is C12H11BN2O2. The zero-order valence-electron chi connectivity index (χ0n) is 9.06. The monoisotopic (exact) mass is 226 g/mol. The van der Waals surface area contributed by atoms with Crippen LogP contribution in [0.5, 0.6) is 0 Å². The number of hydrogen-bond donors (Lipinski definition) is 2. The van der Waals surface area contributed by atoms with Crippen LogP contribution in [-0.2, 0) is 0 Å². The maximum Gasteiger partial charge on any atom is 0.508 e. The minimum atomic E-state index is -1.50. The smallest absolute Gasteiger partial charge is 0.422 e. The Morgan fingerprint density at radius 2 is 1.65 bits per heavy atom. The molecule has 17 heavy (non-hydrogen) atoms. The second-order valence-corrected chi connectivity index (χ2v) is 3.87. The third-order valence-electron chi connectivity index (χ3n) is 2.81. The summed E-state index contributed by atoms with van der Waals surface area (Å²) in [4.78, 5) is 0. The first-order chi connectivity index (χ1) is 8.27. The molecule has 0 aromatic heterocycles. The zero-order valence-corrected chi connectivity index (χ0v) is 9.06. The highest BCUT2D eigenvalue weighted by Crippen LogP contribution is 2.33. The van der Waals surface area contributed by atoms with Crippen molar-refractivity contribution in [1.82, 2.24) is 5.01 Å². The van der Waals surface area contributed by atoms with Gasteiger partial charge in [0, 0.05) is 18.0 Å². The number of hydrazine groups is 1. The van der Waals surface area contributed by atoms with Crippen molar-refractivity contribution in [3.8, 4) is 0 Å². The molecule has 0 radical (unpaired) electrons. The average molecular weight is 226 g/mol. The van der Waals surface area contributed by atoms with Crippen molar-refractivity contribution in [2.45, 2.75) is 0 Å². The molecule has 0 spiro atoms. The van der Waals surface area contributed by atoms with Crippen LogP contribution in [0.1, 0.15) is 5.56 Å². The fourth-order valence-corrected chi connectivity index (χ4v) is 2.05. The van der Waals surface area contributed by atoms with Crippen LogP contribution < -0.4 is 5.01 Å². The van der Waals surface area contributed by atoms with E-state index in [1.807, 2.05) is 47.6 Å². The molecule has 0 aliphatic carbocycles. The van der Waals surface area contributed by atoms with E-state index in [0.717, 1.165) is 11.3 Å². The van der Waals surface area contributed by atoms with E-state index in [2.05, 4.69) is 0 Å². The van der Waals surface area contributed by atoms with Crippen LogP contribution in [0.15, 0.2) is 54.4 Å². The SMILES string of the molecule is OB(O)C1=Cc2ccccc2N2C=CC=CN12. The Morgan fingerprint density at radius 1 is 0.941 bits per heavy atom. The van der Waals surface area contributed by atoms with Crippen LogP contribution in [-0.4, -0.2) is 22.2 Å². The summed E-state index contributed by atoms with van der Waals surface area (Å²) < 4.78 is 0. The van der Waals surface area contributed by atoms with Gasteiger partial charge >= 0.3 is 7.12 Å². The number of hydrogen-bond acceptors (Lipinski definition) is 4. The third-order valence-corrected chi connectivity index (χ3v) is 2.81. The number of para-hydroxylation sites is 1. The second-order valence-electron chi connectivity index (χ2n) is 3.87. The molecule has 5 heteroatoms. The molecule has 0 fully saturated rings. The molecule has 2 aliphatic rings. The summed E-state index contributed by atoms with van der Waals surface area (Å²) in [5.74, 6) is 0. The van der Waals surface area contributed by atoms with Crippen molar-refractivity contribution in [3.05, 3.63) is 60.0 Å². The van der Waals surface area contributed by atoms with Gasteiger partial charge in [-0.05, 0) is 24.3 Å². The van der Waals surface area contributed by atoms with Gasteiger partial charge in [0.05, 0.1) is 11.3 Å². The molecule has 2 N–H and O–H groups in total. The molecule has 2 heterocycles. The van der Waals surface area contributed by atoms with E-state index in [1.165, 1.54) is 0 Å². The second kappa shape index (κ2) is 3.80. The molecule has 4 nitrogen and oxygen atoms in total. The van der Waals surface area contributed by atoms with E-state index in [0.29, 0.717) is 5.60 Å². The summed E-state index contributed by atoms with van der Waals surface area (Å²) in [7, 11) is -1.50. The van der Waals surface area contributed by atoms with Crippen LogP contribution in [0, 0.1) is 0 Å². The molecule has 3 rings (SSSR count). The third kappa shape index (κ3) is 1.56. The molecule has 0 amide bonds. The molecule has 0 bridgehead atoms. The van der Waals surface area contributed by atoms with Crippen LogP contribution in [0.3, 0.4) is 0 Å². The van der Waals surface area contributed by atoms with Gasteiger partial charge < -0.3 is 10.0 Å². The highest BCUT2D eigenvalue weighted by atomic mass is 16.4. The van der Waals surface area contributed by atoms with Gasteiger partial charge in [-0.15, -0.1) is 0 Å². The summed E-state index contributed by atoms with van der Waals surface area (Å²) in [6.07, 6.45) is 9.20. The summed E-state index contributed by atoms with van der Waals surface area (Å²) >= 11 is 0. The molecular weight excluding hydrogens is 215 g/mol. The maximum absolute atomic E-state index is 9.40. The quantitative estimate of drug-likeness (QED) is 0.704. The van der Waals surface area contributed by atoms with Gasteiger partial charge in [-0.1, -0.05) is 18.2 Å². The van der Waals surface area contributed by atoms with Gasteiger partial charge in [-0.25, -0.2) is 0 Å². The van der Waals surface area contributed by atoms with E-state index in [1.54, 1.807) is 17.3 Å². The number of benzene rings is 1. The number of anilines is 1. The average Bonchev–Trinajstić information content (AvgIpc) is 2.37. The van der Waals surface area contributed by atoms with E-state index >= 15 is 0 Å². The summed E-state index contributed by atoms with van der Waals surface area (Å²) in [5.41, 5.74) is 2.41. The number of rotatable bonds is 1. The number of fused-ring (bicyclic) bond motifs is 3. The summed E-state index contributed by atoms with van der Waals surface area (Å²) in [6, 6.07) is 7.82. The van der Waals surface area contributed by atoms with E-state index in [4.69, 9.17) is 0 Å². The Labute approximate surface area is 99.5 Å². The number of nitrogens with zero attached hydrogens (tertiary/aromatic N) is 2. The van der Waals surface area contributed by atoms with Gasteiger partial charge in [0.1, 0.15) is 0 Å². The summed E-state index contributed by atoms with van der Waals surface area (Å²) in [5, 5.41) is 22.4. The largest absolute Gasteiger partial charge is 0.508 e. The first-order valence-corrected chi connectivity index (χ1v) is 5.37. The van der Waals surface area contributed by atoms with Crippen molar-refractivity contribution in [2.75, 3.05) is 5.01 Å². The van der Waals surface area contributed by atoms with E-state index in [-0.39, 0.29) is 0 Å². The van der Waals surface area contributed by atoms with Crippen molar-refractivity contribution >= 4 is 18.9 Å². The fraction of sp³-hybridized carbons (Fsp3) is 0. The Kier molecular flexibility index (Phi) is 2.28. The van der Waals surface area contributed by atoms with Crippen molar-refractivity contribution < 1.29 is 10.0 Å². The molecule has 2 aliphatic heterocycles. The predicted octanol–water partition coefficient (Wildman–Crippen LogP) is 1.12. The molecule has 0 saturated heterocycles. The first kappa shape index (κ1) is 10.2. The zero-order chi connectivity index (χ0) is 11.8. The molecule has 0 saturated carbocycles. The van der Waals surface area contributed by atoms with Gasteiger partial charge in [-0.2, -0.15) is 0 Å². The van der Waals surface area contributed by atoms with Gasteiger partial charge in [0.25, 0.3) is 0 Å². The van der Waals surface area contributed by atoms with Crippen LogP contribution >= 0.6 is 0 Å². The minimum absolute atomic E-state index is 0.435. The molecule has 0 unspecified atom stereocenters. The lowest BCUT2D eigenvalue weighted by Gasteiger charge is -2.40. The fourth-order valence-electron chi connectivity index (χ4n) is 2.05. The molecule has 1 aromatic carbocycles. The van der Waals surface area contributed by atoms with Crippen molar-refractivity contribution in [1.29, 1.82) is 0 Å². The standard InChI is InChI=1S/C12H11BN2O2/c16-13(17)12-9-10-5-1-2-6-11(10)14-7-3-4-8-15(12)14/h1-9,16-17H. The lowest BCUT2D eigenvalue weighted by Crippen LogP contribution is -2.43. The highest BCUT2D eigenvalue weighted by Gasteiger charge is 2.30. The van der Waals surface area contributed by atoms with Gasteiger partial charge in [0.15, 0.2) is 0 Å². The van der Waals surface area contributed by atoms with E-state index in [9.17, 15) is 10.0 Å². The van der Waals surface area contributed by atoms with Crippen LogP contribution in [0.2, 0.25) is 0 Å². The lowest BCUT2D eigenvalue weighted by atomic mass is 9.82. The molecule has 1 aromatic rings. The van der Waals surface area contributed by atoms with E-state index < -0.39 is 7.12 Å². The lowest BCUT2D eigenvalue weighted by molar-refractivity contribution is 0.381. The van der Waals surface area contributed by atoms with Crippen molar-refractivity contribution in [2.24, 2.45) is 0 Å². The van der Waals surface area contributed by atoms with Crippen LogP contribution in [0.25, 0.3) is 6.08 Å². The van der Waals surface area contributed by atoms with Gasteiger partial charge in [-0.3, -0.25) is 10.0 Å². The number of allylic oxidation sites excluding steroid dienone is 2. The first-order valence-electron chi connectivity index (χ1n) is 5.37. The predicted molar refractivity (Wildman–Crippen MR) is 67.2 cm³/mol. The maximum atomic E-state index is 9.40. The Morgan fingerprint density at radius 3 is 2.41 bits per heavy atom. The Balaban J connectivity index is 2.17. The van der Waals surface area contributed by atoms with Crippen molar-refractivity contribution in [3.63, 3.8) is 0 Å². The summed E-state index contributed by atoms with van der Waals surface area (Å²) in [6.45, 7) is 0. The molecule has 84 valence electrons. The van der Waals surface area contributed by atoms with Crippen LogP contribution in [0.4, 0.5) is 5.69 Å². The van der Waals surface area contributed by atoms with Gasteiger partial charge in [0.2, 0.25) is 0 Å². The highest BCUT2D eigenvalue weighted by molar-refractivity contribution is 6.51.